The highest BCUT2D eigenvalue weighted by molar-refractivity contribution is 7.90. The largest absolute Gasteiger partial charge is 0.295 e. The minimum Gasteiger partial charge on any atom is -0.295 e. The maximum Gasteiger partial charge on any atom is 0.148 e. The fourth-order valence-corrected chi connectivity index (χ4v) is 3.94. The normalized spacial score (nSPS) is 22.1. The van der Waals surface area contributed by atoms with Crippen LogP contribution in [-0.4, -0.2) is 38.4 Å². The third-order valence-electron chi connectivity index (χ3n) is 3.20. The zero-order chi connectivity index (χ0) is 12.5. The molecule has 5 heteroatoms. The fraction of sp³-hybridized carbons (Fsp3) is 0.667. The summed E-state index contributed by atoms with van der Waals surface area (Å²) in [7, 11) is -2.85. The quantitative estimate of drug-likeness (QED) is 0.844. The van der Waals surface area contributed by atoms with Crippen molar-refractivity contribution in [3.05, 3.63) is 21.9 Å². The molecular formula is C12H19NO2S2. The Morgan fingerprint density at radius 3 is 2.82 bits per heavy atom. The van der Waals surface area contributed by atoms with E-state index < -0.39 is 9.84 Å². The lowest BCUT2D eigenvalue weighted by Gasteiger charge is -2.22. The topological polar surface area (TPSA) is 37.4 Å². The molecule has 17 heavy (non-hydrogen) atoms. The van der Waals surface area contributed by atoms with Gasteiger partial charge in [0.2, 0.25) is 0 Å². The summed E-state index contributed by atoms with van der Waals surface area (Å²) in [4.78, 5) is 5.02. The molecule has 0 bridgehead atoms. The van der Waals surface area contributed by atoms with Crippen LogP contribution in [0, 0.1) is 6.92 Å². The van der Waals surface area contributed by atoms with Crippen LogP contribution in [0.2, 0.25) is 0 Å². The van der Waals surface area contributed by atoms with Gasteiger partial charge in [-0.25, -0.2) is 8.42 Å². The molecular weight excluding hydrogens is 254 g/mol. The average molecular weight is 273 g/mol. The van der Waals surface area contributed by atoms with Crippen molar-refractivity contribution in [3.8, 4) is 0 Å². The molecule has 0 N–H and O–H groups in total. The van der Waals surface area contributed by atoms with Crippen molar-refractivity contribution < 1.29 is 8.42 Å². The number of aryl methyl sites for hydroxylation is 1. The number of nitrogens with zero attached hydrogens (tertiary/aromatic N) is 1. The van der Waals surface area contributed by atoms with Gasteiger partial charge < -0.3 is 0 Å². The number of hydrogen-bond acceptors (Lipinski definition) is 4. The lowest BCUT2D eigenvalue weighted by molar-refractivity contribution is 0.276. The van der Waals surface area contributed by atoms with Crippen molar-refractivity contribution in [2.24, 2.45) is 0 Å². The summed E-state index contributed by atoms with van der Waals surface area (Å²) in [6.07, 6.45) is 3.64. The summed E-state index contributed by atoms with van der Waals surface area (Å²) >= 11 is 1.83. The molecule has 0 radical (unpaired) electrons. The van der Waals surface area contributed by atoms with E-state index in [9.17, 15) is 8.42 Å². The van der Waals surface area contributed by atoms with Crippen LogP contribution in [-0.2, 0) is 9.84 Å². The molecule has 2 heterocycles. The number of hydrogen-bond donors (Lipinski definition) is 0. The monoisotopic (exact) mass is 273 g/mol. The first-order valence-electron chi connectivity index (χ1n) is 5.94. The summed E-state index contributed by atoms with van der Waals surface area (Å²) in [6.45, 7) is 3.81. The minimum absolute atomic E-state index is 0.272. The Bertz CT molecular complexity index is 478. The van der Waals surface area contributed by atoms with E-state index in [-0.39, 0.29) is 5.75 Å². The predicted molar refractivity (Wildman–Crippen MR) is 72.3 cm³/mol. The Labute approximate surface area is 107 Å². The summed E-state index contributed by atoms with van der Waals surface area (Å²) in [5.41, 5.74) is 0. The fourth-order valence-electron chi connectivity index (χ4n) is 2.33. The summed E-state index contributed by atoms with van der Waals surface area (Å²) in [5.74, 6) is 0.272. The van der Waals surface area contributed by atoms with E-state index in [2.05, 4.69) is 24.0 Å². The van der Waals surface area contributed by atoms with E-state index in [4.69, 9.17) is 0 Å². The third kappa shape index (κ3) is 3.53. The first kappa shape index (κ1) is 13.1. The molecule has 0 spiro atoms. The second-order valence-corrected chi connectivity index (χ2v) is 8.35. The zero-order valence-electron chi connectivity index (χ0n) is 10.3. The molecule has 0 unspecified atom stereocenters. The van der Waals surface area contributed by atoms with E-state index in [1.165, 1.54) is 22.4 Å². The molecule has 1 aromatic heterocycles. The van der Waals surface area contributed by atoms with Crippen LogP contribution in [0.15, 0.2) is 12.1 Å². The molecule has 1 aromatic rings. The Morgan fingerprint density at radius 1 is 1.47 bits per heavy atom. The second kappa shape index (κ2) is 5.08. The van der Waals surface area contributed by atoms with Gasteiger partial charge in [0.05, 0.1) is 5.75 Å². The maximum absolute atomic E-state index is 11.2. The molecule has 1 atom stereocenters. The van der Waals surface area contributed by atoms with Crippen LogP contribution in [0.25, 0.3) is 0 Å². The highest BCUT2D eigenvalue weighted by Crippen LogP contribution is 2.35. The Kier molecular flexibility index (Phi) is 3.90. The standard InChI is InChI=1S/C12H19NO2S2/c1-10-5-6-12(16-10)11-4-3-7-13(11)8-9-17(2,14)15/h5-6,11H,3-4,7-9H2,1-2H3/t11-/m0/s1. The van der Waals surface area contributed by atoms with E-state index in [1.54, 1.807) is 0 Å². The van der Waals surface area contributed by atoms with Crippen LogP contribution < -0.4 is 0 Å². The highest BCUT2D eigenvalue weighted by Gasteiger charge is 2.27. The van der Waals surface area contributed by atoms with Gasteiger partial charge in [-0.15, -0.1) is 11.3 Å². The number of sulfone groups is 1. The van der Waals surface area contributed by atoms with Crippen LogP contribution in [0.3, 0.4) is 0 Å². The summed E-state index contributed by atoms with van der Waals surface area (Å²) in [6, 6.07) is 4.77. The van der Waals surface area contributed by atoms with Gasteiger partial charge >= 0.3 is 0 Å². The van der Waals surface area contributed by atoms with Gasteiger partial charge in [0.25, 0.3) is 0 Å². The van der Waals surface area contributed by atoms with Crippen molar-refractivity contribution in [3.63, 3.8) is 0 Å². The van der Waals surface area contributed by atoms with E-state index in [1.807, 2.05) is 11.3 Å². The van der Waals surface area contributed by atoms with Gasteiger partial charge in [0.15, 0.2) is 0 Å². The van der Waals surface area contributed by atoms with Crippen LogP contribution in [0.5, 0.6) is 0 Å². The van der Waals surface area contributed by atoms with Gasteiger partial charge in [0, 0.05) is 28.6 Å². The molecule has 3 nitrogen and oxygen atoms in total. The Morgan fingerprint density at radius 2 is 2.24 bits per heavy atom. The van der Waals surface area contributed by atoms with E-state index in [0.717, 1.165) is 13.0 Å². The van der Waals surface area contributed by atoms with Crippen molar-refractivity contribution in [2.75, 3.05) is 25.1 Å². The molecule has 2 rings (SSSR count). The molecule has 96 valence electrons. The Balaban J connectivity index is 2.02. The molecule has 1 fully saturated rings. The number of likely N-dealkylation sites (tertiary alicyclic amines) is 1. The second-order valence-electron chi connectivity index (χ2n) is 4.77. The lowest BCUT2D eigenvalue weighted by atomic mass is 10.2. The Hall–Kier alpha value is -0.390. The summed E-state index contributed by atoms with van der Waals surface area (Å²) in [5, 5.41) is 0. The minimum atomic E-state index is -2.85. The van der Waals surface area contributed by atoms with Crippen molar-refractivity contribution in [1.82, 2.24) is 4.90 Å². The van der Waals surface area contributed by atoms with Gasteiger partial charge in [-0.1, -0.05) is 0 Å². The van der Waals surface area contributed by atoms with Crippen molar-refractivity contribution >= 4 is 21.2 Å². The van der Waals surface area contributed by atoms with Gasteiger partial charge in [-0.2, -0.15) is 0 Å². The van der Waals surface area contributed by atoms with Gasteiger partial charge in [0.1, 0.15) is 9.84 Å². The first-order valence-corrected chi connectivity index (χ1v) is 8.81. The molecule has 1 aliphatic heterocycles. The first-order chi connectivity index (χ1) is 7.96. The molecule has 0 aliphatic carbocycles. The maximum atomic E-state index is 11.2. The number of thiophene rings is 1. The van der Waals surface area contributed by atoms with Crippen molar-refractivity contribution in [1.29, 1.82) is 0 Å². The lowest BCUT2D eigenvalue weighted by Crippen LogP contribution is -2.28. The predicted octanol–water partition coefficient (Wildman–Crippen LogP) is 2.24. The van der Waals surface area contributed by atoms with Crippen molar-refractivity contribution in [2.45, 2.75) is 25.8 Å². The van der Waals surface area contributed by atoms with E-state index in [0.29, 0.717) is 12.6 Å². The summed E-state index contributed by atoms with van der Waals surface area (Å²) < 4.78 is 22.4. The highest BCUT2D eigenvalue weighted by atomic mass is 32.2. The smallest absolute Gasteiger partial charge is 0.148 e. The van der Waals surface area contributed by atoms with Gasteiger partial charge in [-0.05, 0) is 38.4 Å². The molecule has 0 saturated carbocycles. The van der Waals surface area contributed by atoms with E-state index >= 15 is 0 Å². The SMILES string of the molecule is Cc1ccc([C@@H]2CCCN2CCS(C)(=O)=O)s1. The average Bonchev–Trinajstić information content (AvgIpc) is 2.81. The third-order valence-corrected chi connectivity index (χ3v) is 5.23. The van der Waals surface area contributed by atoms with Gasteiger partial charge in [-0.3, -0.25) is 4.90 Å². The van der Waals surface area contributed by atoms with Crippen LogP contribution >= 0.6 is 11.3 Å². The molecule has 0 amide bonds. The van der Waals surface area contributed by atoms with Crippen LogP contribution in [0.4, 0.5) is 0 Å². The molecule has 1 saturated heterocycles. The van der Waals surface area contributed by atoms with Crippen LogP contribution in [0.1, 0.15) is 28.6 Å². The molecule has 0 aromatic carbocycles. The zero-order valence-corrected chi connectivity index (χ0v) is 12.0. The number of rotatable bonds is 4. The molecule has 1 aliphatic rings.